The van der Waals surface area contributed by atoms with Crippen LogP contribution in [-0.4, -0.2) is 27.5 Å². The Morgan fingerprint density at radius 1 is 1.06 bits per heavy atom. The van der Waals surface area contributed by atoms with E-state index in [0.717, 1.165) is 34.1 Å². The van der Waals surface area contributed by atoms with Gasteiger partial charge in [-0.2, -0.15) is 0 Å². The van der Waals surface area contributed by atoms with Crippen molar-refractivity contribution in [3.63, 3.8) is 0 Å². The predicted molar refractivity (Wildman–Crippen MR) is 132 cm³/mol. The van der Waals surface area contributed by atoms with Crippen molar-refractivity contribution in [2.45, 2.75) is 30.7 Å². The van der Waals surface area contributed by atoms with Gasteiger partial charge in [0, 0.05) is 11.0 Å². The summed E-state index contributed by atoms with van der Waals surface area (Å²) in [5.74, 6) is 0.173. The predicted octanol–water partition coefficient (Wildman–Crippen LogP) is 4.85. The molecule has 0 bridgehead atoms. The maximum Gasteiger partial charge on any atom is 0.264 e. The third-order valence-corrected chi connectivity index (χ3v) is 7.95. The van der Waals surface area contributed by atoms with Gasteiger partial charge in [0.25, 0.3) is 15.9 Å². The molecule has 4 rings (SSSR count). The first kappa shape index (κ1) is 23.3. The fraction of sp³-hybridized carbons (Fsp3) is 0.240. The molecule has 6 nitrogen and oxygen atoms in total. The highest BCUT2D eigenvalue weighted by Crippen LogP contribution is 2.32. The number of ether oxygens (including phenoxy) is 1. The fourth-order valence-electron chi connectivity index (χ4n) is 3.85. The monoisotopic (exact) mass is 528 g/mol. The molecule has 1 aliphatic heterocycles. The number of anilines is 1. The molecule has 0 saturated heterocycles. The number of fused-ring (bicyclic) bond motifs is 1. The molecule has 1 amide bonds. The molecule has 0 fully saturated rings. The van der Waals surface area contributed by atoms with Crippen molar-refractivity contribution in [2.75, 3.05) is 17.5 Å². The molecule has 0 saturated carbocycles. The van der Waals surface area contributed by atoms with Crippen LogP contribution in [0.25, 0.3) is 0 Å². The maximum absolute atomic E-state index is 13.2. The van der Waals surface area contributed by atoms with Gasteiger partial charge >= 0.3 is 0 Å². The van der Waals surface area contributed by atoms with Crippen LogP contribution in [0.15, 0.2) is 82.2 Å². The first-order valence-electron chi connectivity index (χ1n) is 10.7. The van der Waals surface area contributed by atoms with Gasteiger partial charge in [-0.1, -0.05) is 46.3 Å². The average molecular weight is 529 g/mol. The minimum Gasteiger partial charge on any atom is -0.484 e. The molecule has 1 unspecified atom stereocenters. The Balaban J connectivity index is 1.37. The zero-order valence-corrected chi connectivity index (χ0v) is 20.6. The Kier molecular flexibility index (Phi) is 7.05. The van der Waals surface area contributed by atoms with Crippen molar-refractivity contribution in [3.8, 4) is 5.75 Å². The first-order valence-corrected chi connectivity index (χ1v) is 13.0. The Hall–Kier alpha value is -2.84. The number of carbonyl (C=O) groups is 1. The lowest BCUT2D eigenvalue weighted by molar-refractivity contribution is -0.123. The van der Waals surface area contributed by atoms with Crippen LogP contribution >= 0.6 is 15.9 Å². The molecule has 3 aromatic carbocycles. The quantitative estimate of drug-likeness (QED) is 0.475. The van der Waals surface area contributed by atoms with Crippen molar-refractivity contribution < 1.29 is 17.9 Å². The molecule has 0 aromatic heterocycles. The number of para-hydroxylation sites is 1. The lowest BCUT2D eigenvalue weighted by atomic mass is 10.0. The van der Waals surface area contributed by atoms with E-state index >= 15 is 0 Å². The van der Waals surface area contributed by atoms with E-state index in [4.69, 9.17) is 4.74 Å². The van der Waals surface area contributed by atoms with Gasteiger partial charge in [-0.25, -0.2) is 8.42 Å². The van der Waals surface area contributed by atoms with Crippen LogP contribution in [0.2, 0.25) is 0 Å². The molecule has 172 valence electrons. The molecule has 1 N–H and O–H groups in total. The maximum atomic E-state index is 13.2. The zero-order valence-electron chi connectivity index (χ0n) is 18.2. The van der Waals surface area contributed by atoms with E-state index in [9.17, 15) is 13.2 Å². The van der Waals surface area contributed by atoms with Crippen molar-refractivity contribution in [1.82, 2.24) is 5.32 Å². The number of benzene rings is 3. The van der Waals surface area contributed by atoms with Crippen molar-refractivity contribution in [1.29, 1.82) is 0 Å². The average Bonchev–Trinajstić information content (AvgIpc) is 2.83. The molecule has 0 aliphatic carbocycles. The summed E-state index contributed by atoms with van der Waals surface area (Å²) in [4.78, 5) is 12.5. The van der Waals surface area contributed by atoms with Gasteiger partial charge in [0.15, 0.2) is 6.61 Å². The molecular formula is C25H25BrN2O4S. The second kappa shape index (κ2) is 9.97. The van der Waals surface area contributed by atoms with E-state index in [1.807, 2.05) is 55.5 Å². The van der Waals surface area contributed by atoms with Crippen molar-refractivity contribution in [2.24, 2.45) is 0 Å². The number of hydrogen-bond acceptors (Lipinski definition) is 4. The Bertz CT molecular complexity index is 1230. The van der Waals surface area contributed by atoms with E-state index in [0.29, 0.717) is 12.3 Å². The SMILES string of the molecule is CC(NC(=O)COc1ccc(S(=O)(=O)N2CCCc3ccccc32)cc1)c1ccc(Br)cc1. The van der Waals surface area contributed by atoms with Crippen LogP contribution in [0.5, 0.6) is 5.75 Å². The van der Waals surface area contributed by atoms with Crippen LogP contribution in [0.1, 0.15) is 30.5 Å². The molecule has 3 aromatic rings. The number of carbonyl (C=O) groups excluding carboxylic acids is 1. The smallest absolute Gasteiger partial charge is 0.264 e. The zero-order chi connectivity index (χ0) is 23.4. The molecule has 1 heterocycles. The molecule has 0 spiro atoms. The summed E-state index contributed by atoms with van der Waals surface area (Å²) < 4.78 is 34.5. The minimum atomic E-state index is -3.68. The second-order valence-corrected chi connectivity index (χ2v) is 10.7. The van der Waals surface area contributed by atoms with Gasteiger partial charge < -0.3 is 10.1 Å². The van der Waals surface area contributed by atoms with Crippen LogP contribution in [0.4, 0.5) is 5.69 Å². The van der Waals surface area contributed by atoms with E-state index in [1.165, 1.54) is 16.4 Å². The number of rotatable bonds is 7. The summed E-state index contributed by atoms with van der Waals surface area (Å²) in [6.45, 7) is 2.19. The number of hydrogen-bond donors (Lipinski definition) is 1. The summed E-state index contributed by atoms with van der Waals surface area (Å²) in [5.41, 5.74) is 2.76. The Labute approximate surface area is 202 Å². The van der Waals surface area contributed by atoms with E-state index in [1.54, 1.807) is 12.1 Å². The highest BCUT2D eigenvalue weighted by molar-refractivity contribution is 9.10. The normalized spacial score (nSPS) is 14.3. The second-order valence-electron chi connectivity index (χ2n) is 7.91. The summed E-state index contributed by atoms with van der Waals surface area (Å²) in [6.07, 6.45) is 1.66. The third kappa shape index (κ3) is 5.39. The Morgan fingerprint density at radius 2 is 1.76 bits per heavy atom. The van der Waals surface area contributed by atoms with Gasteiger partial charge in [-0.3, -0.25) is 9.10 Å². The van der Waals surface area contributed by atoms with Gasteiger partial charge in [0.1, 0.15) is 5.75 Å². The van der Waals surface area contributed by atoms with Crippen LogP contribution in [-0.2, 0) is 21.2 Å². The fourth-order valence-corrected chi connectivity index (χ4v) is 5.66. The number of nitrogens with zero attached hydrogens (tertiary/aromatic N) is 1. The number of amides is 1. The standard InChI is InChI=1S/C25H25BrN2O4S/c1-18(19-8-10-21(26)11-9-19)27-25(29)17-32-22-12-14-23(15-13-22)33(30,31)28-16-4-6-20-5-2-3-7-24(20)28/h2-3,5,7-15,18H,4,6,16-17H2,1H3,(H,27,29). The topological polar surface area (TPSA) is 75.7 Å². The van der Waals surface area contributed by atoms with Crippen molar-refractivity contribution >= 4 is 37.5 Å². The highest BCUT2D eigenvalue weighted by Gasteiger charge is 2.28. The number of nitrogens with one attached hydrogen (secondary N) is 1. The van der Waals surface area contributed by atoms with Gasteiger partial charge in [-0.05, 0) is 73.4 Å². The number of sulfonamides is 1. The van der Waals surface area contributed by atoms with Gasteiger partial charge in [-0.15, -0.1) is 0 Å². The van der Waals surface area contributed by atoms with Crippen LogP contribution in [0, 0.1) is 0 Å². The highest BCUT2D eigenvalue weighted by atomic mass is 79.9. The minimum absolute atomic E-state index is 0.158. The van der Waals surface area contributed by atoms with E-state index < -0.39 is 10.0 Å². The molecule has 1 atom stereocenters. The molecule has 1 aliphatic rings. The summed E-state index contributed by atoms with van der Waals surface area (Å²) in [7, 11) is -3.68. The largest absolute Gasteiger partial charge is 0.484 e. The first-order chi connectivity index (χ1) is 15.8. The lowest BCUT2D eigenvalue weighted by Gasteiger charge is -2.30. The molecule has 8 heteroatoms. The molecule has 0 radical (unpaired) electrons. The number of aryl methyl sites for hydroxylation is 1. The van der Waals surface area contributed by atoms with Crippen LogP contribution < -0.4 is 14.4 Å². The third-order valence-electron chi connectivity index (χ3n) is 5.60. The summed E-state index contributed by atoms with van der Waals surface area (Å²) >= 11 is 3.40. The lowest BCUT2D eigenvalue weighted by Crippen LogP contribution is -2.35. The summed E-state index contributed by atoms with van der Waals surface area (Å²) in [6, 6.07) is 21.4. The van der Waals surface area contributed by atoms with Gasteiger partial charge in [0.05, 0.1) is 16.6 Å². The van der Waals surface area contributed by atoms with E-state index in [2.05, 4.69) is 21.2 Å². The summed E-state index contributed by atoms with van der Waals surface area (Å²) in [5, 5.41) is 2.89. The molecular weight excluding hydrogens is 504 g/mol. The number of halogens is 1. The van der Waals surface area contributed by atoms with Gasteiger partial charge in [0.2, 0.25) is 0 Å². The molecule has 33 heavy (non-hydrogen) atoms. The Morgan fingerprint density at radius 3 is 2.48 bits per heavy atom. The van der Waals surface area contributed by atoms with E-state index in [-0.39, 0.29) is 23.5 Å². The van der Waals surface area contributed by atoms with Crippen LogP contribution in [0.3, 0.4) is 0 Å². The van der Waals surface area contributed by atoms with Crippen molar-refractivity contribution in [3.05, 3.63) is 88.4 Å².